The summed E-state index contributed by atoms with van der Waals surface area (Å²) in [6.07, 6.45) is 0.894. The Labute approximate surface area is 123 Å². The molecule has 106 valence electrons. The largest absolute Gasteiger partial charge is 0.495 e. The van der Waals surface area contributed by atoms with Crippen LogP contribution in [0.1, 0.15) is 27.2 Å². The summed E-state index contributed by atoms with van der Waals surface area (Å²) < 4.78 is 6.09. The quantitative estimate of drug-likeness (QED) is 0.843. The summed E-state index contributed by atoms with van der Waals surface area (Å²) >= 11 is 3.39. The number of nitrogens with one attached hydrogen (secondary N) is 2. The zero-order valence-corrected chi connectivity index (χ0v) is 13.4. The van der Waals surface area contributed by atoms with Crippen LogP contribution in [0, 0.1) is 0 Å². The van der Waals surface area contributed by atoms with Gasteiger partial charge >= 0.3 is 0 Å². The molecule has 5 heteroatoms. The first-order chi connectivity index (χ1) is 8.88. The van der Waals surface area contributed by atoms with Gasteiger partial charge in [-0.15, -0.1) is 0 Å². The molecule has 0 aliphatic carbocycles. The van der Waals surface area contributed by atoms with Crippen molar-refractivity contribution in [1.82, 2.24) is 5.32 Å². The summed E-state index contributed by atoms with van der Waals surface area (Å²) in [6, 6.07) is 5.63. The van der Waals surface area contributed by atoms with Gasteiger partial charge in [-0.2, -0.15) is 0 Å². The Morgan fingerprint density at radius 3 is 2.68 bits per heavy atom. The molecule has 0 bridgehead atoms. The van der Waals surface area contributed by atoms with E-state index in [2.05, 4.69) is 26.6 Å². The lowest BCUT2D eigenvalue weighted by Crippen LogP contribution is -2.45. The standard InChI is InChI=1S/C14H21BrN2O2/c1-5-14(2,3)17-13(18)9-16-10-6-7-11(15)12(8-10)19-4/h6-8,16H,5,9H2,1-4H3,(H,17,18). The highest BCUT2D eigenvalue weighted by atomic mass is 79.9. The average Bonchev–Trinajstić information content (AvgIpc) is 2.37. The molecular weight excluding hydrogens is 308 g/mol. The van der Waals surface area contributed by atoms with Gasteiger partial charge in [0, 0.05) is 17.3 Å². The van der Waals surface area contributed by atoms with Crippen LogP contribution in [0.3, 0.4) is 0 Å². The van der Waals surface area contributed by atoms with E-state index in [1.807, 2.05) is 39.0 Å². The Hall–Kier alpha value is -1.23. The SMILES string of the molecule is CCC(C)(C)NC(=O)CNc1ccc(Br)c(OC)c1. The third kappa shape index (κ3) is 5.11. The zero-order valence-electron chi connectivity index (χ0n) is 11.8. The number of hydrogen-bond donors (Lipinski definition) is 2. The van der Waals surface area contributed by atoms with Gasteiger partial charge in [-0.05, 0) is 48.3 Å². The van der Waals surface area contributed by atoms with Gasteiger partial charge in [0.2, 0.25) is 5.91 Å². The highest BCUT2D eigenvalue weighted by molar-refractivity contribution is 9.10. The maximum atomic E-state index is 11.8. The van der Waals surface area contributed by atoms with Crippen molar-refractivity contribution >= 4 is 27.5 Å². The summed E-state index contributed by atoms with van der Waals surface area (Å²) in [6.45, 7) is 6.31. The lowest BCUT2D eigenvalue weighted by Gasteiger charge is -2.24. The van der Waals surface area contributed by atoms with E-state index in [1.165, 1.54) is 0 Å². The number of hydrogen-bond acceptors (Lipinski definition) is 3. The monoisotopic (exact) mass is 328 g/mol. The number of methoxy groups -OCH3 is 1. The Bertz CT molecular complexity index is 447. The highest BCUT2D eigenvalue weighted by Gasteiger charge is 2.17. The van der Waals surface area contributed by atoms with Crippen LogP contribution in [0.4, 0.5) is 5.69 Å². The number of carbonyl (C=O) groups is 1. The van der Waals surface area contributed by atoms with E-state index in [0.717, 1.165) is 22.3 Å². The van der Waals surface area contributed by atoms with Crippen LogP contribution in [-0.4, -0.2) is 25.1 Å². The van der Waals surface area contributed by atoms with Gasteiger partial charge in [0.15, 0.2) is 0 Å². The smallest absolute Gasteiger partial charge is 0.239 e. The molecular formula is C14H21BrN2O2. The van der Waals surface area contributed by atoms with Crippen molar-refractivity contribution in [3.63, 3.8) is 0 Å². The Morgan fingerprint density at radius 2 is 2.11 bits per heavy atom. The van der Waals surface area contributed by atoms with E-state index >= 15 is 0 Å². The average molecular weight is 329 g/mol. The predicted molar refractivity (Wildman–Crippen MR) is 81.7 cm³/mol. The van der Waals surface area contributed by atoms with Crippen LogP contribution in [0.15, 0.2) is 22.7 Å². The van der Waals surface area contributed by atoms with Crippen LogP contribution in [0.25, 0.3) is 0 Å². The van der Waals surface area contributed by atoms with Crippen molar-refractivity contribution < 1.29 is 9.53 Å². The number of rotatable bonds is 6. The first kappa shape index (κ1) is 15.8. The number of benzene rings is 1. The van der Waals surface area contributed by atoms with Gasteiger partial charge in [-0.1, -0.05) is 6.92 Å². The molecule has 1 rings (SSSR count). The van der Waals surface area contributed by atoms with Crippen molar-refractivity contribution in [2.24, 2.45) is 0 Å². The van der Waals surface area contributed by atoms with E-state index in [0.29, 0.717) is 0 Å². The maximum absolute atomic E-state index is 11.8. The lowest BCUT2D eigenvalue weighted by molar-refractivity contribution is -0.121. The zero-order chi connectivity index (χ0) is 14.5. The van der Waals surface area contributed by atoms with Crippen molar-refractivity contribution in [2.75, 3.05) is 19.0 Å². The normalized spacial score (nSPS) is 11.0. The number of anilines is 1. The fourth-order valence-electron chi connectivity index (χ4n) is 1.46. The first-order valence-electron chi connectivity index (χ1n) is 6.26. The maximum Gasteiger partial charge on any atom is 0.239 e. The van der Waals surface area contributed by atoms with Crippen molar-refractivity contribution in [3.05, 3.63) is 22.7 Å². The molecule has 0 aliphatic rings. The van der Waals surface area contributed by atoms with E-state index in [1.54, 1.807) is 7.11 Å². The molecule has 1 amide bonds. The minimum atomic E-state index is -0.170. The molecule has 0 saturated heterocycles. The van der Waals surface area contributed by atoms with Gasteiger partial charge < -0.3 is 15.4 Å². The molecule has 0 fully saturated rings. The second kappa shape index (κ2) is 6.80. The molecule has 1 aromatic carbocycles. The topological polar surface area (TPSA) is 50.4 Å². The number of carbonyl (C=O) groups excluding carboxylic acids is 1. The van der Waals surface area contributed by atoms with Crippen molar-refractivity contribution in [1.29, 1.82) is 0 Å². The Balaban J connectivity index is 2.55. The molecule has 4 nitrogen and oxygen atoms in total. The van der Waals surface area contributed by atoms with E-state index < -0.39 is 0 Å². The van der Waals surface area contributed by atoms with Crippen LogP contribution >= 0.6 is 15.9 Å². The summed E-state index contributed by atoms with van der Waals surface area (Å²) in [4.78, 5) is 11.8. The molecule has 19 heavy (non-hydrogen) atoms. The molecule has 0 aliphatic heterocycles. The van der Waals surface area contributed by atoms with Crippen LogP contribution < -0.4 is 15.4 Å². The molecule has 0 radical (unpaired) electrons. The minimum Gasteiger partial charge on any atom is -0.495 e. The third-order valence-electron chi connectivity index (χ3n) is 2.97. The van der Waals surface area contributed by atoms with Crippen molar-refractivity contribution in [3.8, 4) is 5.75 Å². The van der Waals surface area contributed by atoms with E-state index in [4.69, 9.17) is 4.74 Å². The van der Waals surface area contributed by atoms with E-state index in [-0.39, 0.29) is 18.0 Å². The second-order valence-electron chi connectivity index (χ2n) is 4.99. The lowest BCUT2D eigenvalue weighted by atomic mass is 10.0. The highest BCUT2D eigenvalue weighted by Crippen LogP contribution is 2.27. The van der Waals surface area contributed by atoms with Crippen molar-refractivity contribution in [2.45, 2.75) is 32.7 Å². The predicted octanol–water partition coefficient (Wildman–Crippen LogP) is 3.17. The summed E-state index contributed by atoms with van der Waals surface area (Å²) in [5.74, 6) is 0.716. The molecule has 0 saturated carbocycles. The molecule has 0 heterocycles. The van der Waals surface area contributed by atoms with Crippen LogP contribution in [0.2, 0.25) is 0 Å². The molecule has 0 spiro atoms. The molecule has 0 atom stereocenters. The fourth-order valence-corrected chi connectivity index (χ4v) is 1.87. The fraction of sp³-hybridized carbons (Fsp3) is 0.500. The van der Waals surface area contributed by atoms with Gasteiger partial charge in [-0.3, -0.25) is 4.79 Å². The molecule has 1 aromatic rings. The molecule has 2 N–H and O–H groups in total. The van der Waals surface area contributed by atoms with Crippen LogP contribution in [-0.2, 0) is 4.79 Å². The third-order valence-corrected chi connectivity index (χ3v) is 3.62. The molecule has 0 unspecified atom stereocenters. The number of ether oxygens (including phenoxy) is 1. The number of halogens is 1. The second-order valence-corrected chi connectivity index (χ2v) is 5.84. The summed E-state index contributed by atoms with van der Waals surface area (Å²) in [5.41, 5.74) is 0.681. The minimum absolute atomic E-state index is 0.0197. The first-order valence-corrected chi connectivity index (χ1v) is 7.05. The summed E-state index contributed by atoms with van der Waals surface area (Å²) in [5, 5.41) is 6.05. The number of amides is 1. The van der Waals surface area contributed by atoms with Gasteiger partial charge in [0.25, 0.3) is 0 Å². The van der Waals surface area contributed by atoms with Gasteiger partial charge in [0.1, 0.15) is 5.75 Å². The Kier molecular flexibility index (Phi) is 5.66. The van der Waals surface area contributed by atoms with E-state index in [9.17, 15) is 4.79 Å². The van der Waals surface area contributed by atoms with Gasteiger partial charge in [0.05, 0.1) is 18.1 Å². The summed E-state index contributed by atoms with van der Waals surface area (Å²) in [7, 11) is 1.61. The van der Waals surface area contributed by atoms with Gasteiger partial charge in [-0.25, -0.2) is 0 Å². The Morgan fingerprint density at radius 1 is 1.42 bits per heavy atom. The molecule has 0 aromatic heterocycles. The van der Waals surface area contributed by atoms with Crippen LogP contribution in [0.5, 0.6) is 5.75 Å².